The molecule has 1 aromatic carbocycles. The molecule has 1 fully saturated rings. The normalized spacial score (nSPS) is 18.1. The Morgan fingerprint density at radius 1 is 1.07 bits per heavy atom. The van der Waals surface area contributed by atoms with E-state index in [0.717, 1.165) is 44.1 Å². The topological polar surface area (TPSA) is 95.5 Å². The van der Waals surface area contributed by atoms with Crippen LogP contribution in [0, 0.1) is 0 Å². The largest absolute Gasteiger partial charge is 0.394 e. The molecule has 6 nitrogen and oxygen atoms in total. The summed E-state index contributed by atoms with van der Waals surface area (Å²) in [6.07, 6.45) is 7.45. The minimum absolute atomic E-state index is 0.0393. The molecule has 0 aromatic heterocycles. The third kappa shape index (κ3) is 6.57. The summed E-state index contributed by atoms with van der Waals surface area (Å²) in [4.78, 5) is 12.6. The lowest BCUT2D eigenvalue weighted by atomic mass is 9.87. The van der Waals surface area contributed by atoms with Crippen molar-refractivity contribution < 1.29 is 18.3 Å². The molecule has 0 heterocycles. The van der Waals surface area contributed by atoms with Crippen LogP contribution in [-0.4, -0.2) is 38.1 Å². The van der Waals surface area contributed by atoms with Gasteiger partial charge in [0.05, 0.1) is 11.5 Å². The highest BCUT2D eigenvalue weighted by molar-refractivity contribution is 7.89. The Morgan fingerprint density at radius 2 is 1.61 bits per heavy atom. The molecule has 0 bridgehead atoms. The van der Waals surface area contributed by atoms with Crippen molar-refractivity contribution in [1.82, 2.24) is 10.0 Å². The average molecular weight is 411 g/mol. The van der Waals surface area contributed by atoms with E-state index in [9.17, 15) is 18.3 Å². The van der Waals surface area contributed by atoms with Crippen molar-refractivity contribution in [2.45, 2.75) is 88.1 Å². The number of aliphatic hydroxyl groups is 1. The summed E-state index contributed by atoms with van der Waals surface area (Å²) in [6, 6.07) is 5.46. The smallest absolute Gasteiger partial charge is 0.241 e. The van der Waals surface area contributed by atoms with Crippen LogP contribution < -0.4 is 10.0 Å². The van der Waals surface area contributed by atoms with Crippen LogP contribution >= 0.6 is 0 Å². The number of nitrogens with one attached hydrogen (secondary N) is 2. The molecular weight excluding hydrogens is 376 g/mol. The van der Waals surface area contributed by atoms with Gasteiger partial charge in [-0.25, -0.2) is 8.42 Å². The summed E-state index contributed by atoms with van der Waals surface area (Å²) in [5.41, 5.74) is 0.938. The molecule has 1 saturated carbocycles. The van der Waals surface area contributed by atoms with Crippen molar-refractivity contribution in [3.63, 3.8) is 0 Å². The molecule has 28 heavy (non-hydrogen) atoms. The van der Waals surface area contributed by atoms with E-state index in [1.165, 1.54) is 18.6 Å². The van der Waals surface area contributed by atoms with Crippen molar-refractivity contribution in [3.05, 3.63) is 29.8 Å². The summed E-state index contributed by atoms with van der Waals surface area (Å²) in [5.74, 6) is -0.469. The Morgan fingerprint density at radius 3 is 2.11 bits per heavy atom. The molecule has 2 rings (SSSR count). The van der Waals surface area contributed by atoms with E-state index in [1.54, 1.807) is 12.1 Å². The van der Waals surface area contributed by atoms with E-state index in [1.807, 2.05) is 0 Å². The SMILES string of the molecule is CC(C)(C)c1ccc(S(=O)(=O)N[C@@H](CO)C(=O)NC2CCCCCCC2)cc1. The summed E-state index contributed by atoms with van der Waals surface area (Å²) in [7, 11) is -3.90. The molecular formula is C21H34N2O4S. The number of hydrogen-bond donors (Lipinski definition) is 3. The number of carbonyl (C=O) groups excluding carboxylic acids is 1. The van der Waals surface area contributed by atoms with Crippen molar-refractivity contribution >= 4 is 15.9 Å². The maximum atomic E-state index is 12.7. The number of hydrogen-bond acceptors (Lipinski definition) is 4. The molecule has 0 radical (unpaired) electrons. The van der Waals surface area contributed by atoms with Gasteiger partial charge in [0, 0.05) is 6.04 Å². The fraction of sp³-hybridized carbons (Fsp3) is 0.667. The maximum absolute atomic E-state index is 12.7. The van der Waals surface area contributed by atoms with Gasteiger partial charge in [0.1, 0.15) is 6.04 Å². The molecule has 7 heteroatoms. The average Bonchev–Trinajstić information content (AvgIpc) is 2.61. The number of sulfonamides is 1. The van der Waals surface area contributed by atoms with Crippen LogP contribution in [0.15, 0.2) is 29.2 Å². The van der Waals surface area contributed by atoms with Crippen LogP contribution in [0.1, 0.15) is 71.3 Å². The van der Waals surface area contributed by atoms with E-state index >= 15 is 0 Å². The first-order valence-corrected chi connectivity index (χ1v) is 11.7. The molecule has 3 N–H and O–H groups in total. The Hall–Kier alpha value is -1.44. The summed E-state index contributed by atoms with van der Waals surface area (Å²) in [6.45, 7) is 5.57. The molecule has 1 aliphatic rings. The molecule has 0 aliphatic heterocycles. The van der Waals surface area contributed by atoms with Gasteiger partial charge in [-0.3, -0.25) is 4.79 Å². The molecule has 1 aromatic rings. The van der Waals surface area contributed by atoms with Crippen LogP contribution in [0.4, 0.5) is 0 Å². The number of rotatable bonds is 6. The minimum Gasteiger partial charge on any atom is -0.394 e. The fourth-order valence-electron chi connectivity index (χ4n) is 3.47. The zero-order valence-corrected chi connectivity index (χ0v) is 18.0. The summed E-state index contributed by atoms with van der Waals surface area (Å²) >= 11 is 0. The predicted octanol–water partition coefficient (Wildman–Crippen LogP) is 2.85. The van der Waals surface area contributed by atoms with Gasteiger partial charge >= 0.3 is 0 Å². The van der Waals surface area contributed by atoms with Gasteiger partial charge in [0.15, 0.2) is 0 Å². The first-order chi connectivity index (χ1) is 13.1. The predicted molar refractivity (Wildman–Crippen MR) is 111 cm³/mol. The van der Waals surface area contributed by atoms with Crippen LogP contribution in [0.3, 0.4) is 0 Å². The van der Waals surface area contributed by atoms with E-state index in [4.69, 9.17) is 0 Å². The number of carbonyl (C=O) groups is 1. The highest BCUT2D eigenvalue weighted by Crippen LogP contribution is 2.23. The lowest BCUT2D eigenvalue weighted by Gasteiger charge is -2.24. The highest BCUT2D eigenvalue weighted by Gasteiger charge is 2.27. The minimum atomic E-state index is -3.90. The van der Waals surface area contributed by atoms with Crippen molar-refractivity contribution in [1.29, 1.82) is 0 Å². The maximum Gasteiger partial charge on any atom is 0.241 e. The highest BCUT2D eigenvalue weighted by atomic mass is 32.2. The Bertz CT molecular complexity index is 731. The monoisotopic (exact) mass is 410 g/mol. The Balaban J connectivity index is 2.04. The lowest BCUT2D eigenvalue weighted by Crippen LogP contribution is -2.51. The Labute approximate surface area is 169 Å². The van der Waals surface area contributed by atoms with Crippen molar-refractivity contribution in [2.24, 2.45) is 0 Å². The quantitative estimate of drug-likeness (QED) is 0.672. The second kappa shape index (κ2) is 9.85. The molecule has 158 valence electrons. The zero-order chi connectivity index (χ0) is 20.8. The van der Waals surface area contributed by atoms with Crippen molar-refractivity contribution in [3.8, 4) is 0 Å². The van der Waals surface area contributed by atoms with Crippen molar-refractivity contribution in [2.75, 3.05) is 6.61 Å². The van der Waals surface area contributed by atoms with Gasteiger partial charge < -0.3 is 10.4 Å². The van der Waals surface area contributed by atoms with E-state index < -0.39 is 28.6 Å². The summed E-state index contributed by atoms with van der Waals surface area (Å²) in [5, 5.41) is 12.5. The zero-order valence-electron chi connectivity index (χ0n) is 17.2. The van der Waals surface area contributed by atoms with Crippen LogP contribution in [-0.2, 0) is 20.2 Å². The fourth-order valence-corrected chi connectivity index (χ4v) is 4.65. The third-order valence-corrected chi connectivity index (χ3v) is 6.77. The molecule has 1 amide bonds. The lowest BCUT2D eigenvalue weighted by molar-refractivity contribution is -0.124. The summed E-state index contributed by atoms with van der Waals surface area (Å²) < 4.78 is 27.7. The first-order valence-electron chi connectivity index (χ1n) is 10.2. The van der Waals surface area contributed by atoms with Crippen LogP contribution in [0.25, 0.3) is 0 Å². The molecule has 1 aliphatic carbocycles. The second-order valence-electron chi connectivity index (χ2n) is 8.68. The standard InChI is InChI=1S/C21H34N2O4S/c1-21(2,3)16-11-13-18(14-12-16)28(26,27)23-19(15-24)20(25)22-17-9-7-5-4-6-8-10-17/h11-14,17,19,23-24H,4-10,15H2,1-3H3,(H,22,25)/t19-/m0/s1. The molecule has 0 saturated heterocycles. The van der Waals surface area contributed by atoms with Gasteiger partial charge in [-0.05, 0) is 36.0 Å². The van der Waals surface area contributed by atoms with Gasteiger partial charge in [-0.1, -0.05) is 65.0 Å². The van der Waals surface area contributed by atoms with Gasteiger partial charge in [0.2, 0.25) is 15.9 Å². The second-order valence-corrected chi connectivity index (χ2v) is 10.4. The number of aliphatic hydroxyl groups excluding tert-OH is 1. The van der Waals surface area contributed by atoms with E-state index in [2.05, 4.69) is 30.8 Å². The van der Waals surface area contributed by atoms with E-state index in [0.29, 0.717) is 0 Å². The number of benzene rings is 1. The van der Waals surface area contributed by atoms with Gasteiger partial charge in [-0.15, -0.1) is 0 Å². The number of amides is 1. The van der Waals surface area contributed by atoms with Crippen LogP contribution in [0.5, 0.6) is 0 Å². The first kappa shape index (κ1) is 22.8. The molecule has 0 unspecified atom stereocenters. The third-order valence-electron chi connectivity index (χ3n) is 5.28. The van der Waals surface area contributed by atoms with Gasteiger partial charge in [0.25, 0.3) is 0 Å². The van der Waals surface area contributed by atoms with Crippen LogP contribution in [0.2, 0.25) is 0 Å². The molecule has 0 spiro atoms. The van der Waals surface area contributed by atoms with Gasteiger partial charge in [-0.2, -0.15) is 4.72 Å². The molecule has 1 atom stereocenters. The van der Waals surface area contributed by atoms with E-state index in [-0.39, 0.29) is 16.4 Å². The Kier molecular flexibility index (Phi) is 8.04.